The van der Waals surface area contributed by atoms with Crippen molar-refractivity contribution < 1.29 is 9.59 Å². The van der Waals surface area contributed by atoms with E-state index in [1.807, 2.05) is 0 Å². The first kappa shape index (κ1) is 13.7. The van der Waals surface area contributed by atoms with Crippen LogP contribution in [0, 0.1) is 0 Å². The van der Waals surface area contributed by atoms with Crippen LogP contribution in [0.4, 0.5) is 0 Å². The Morgan fingerprint density at radius 3 is 1.19 bits per heavy atom. The highest BCUT2D eigenvalue weighted by atomic mass is 16.1. The lowest BCUT2D eigenvalue weighted by Crippen LogP contribution is -2.20. The molecule has 2 aromatic carbocycles. The average molecular weight is 279 g/mol. The topological polar surface area (TPSA) is 46.2 Å². The van der Waals surface area contributed by atoms with Gasteiger partial charge in [-0.15, -0.1) is 0 Å². The number of benzene rings is 2. The molecule has 3 nitrogen and oxygen atoms in total. The zero-order valence-corrected chi connectivity index (χ0v) is 11.8. The largest absolute Gasteiger partial charge is 0.317 e. The molecule has 1 aliphatic carbocycles. The Morgan fingerprint density at radius 2 is 0.952 bits per heavy atom. The van der Waals surface area contributed by atoms with Crippen LogP contribution in [-0.4, -0.2) is 24.7 Å². The van der Waals surface area contributed by atoms with E-state index < -0.39 is 0 Å². The Hall–Kier alpha value is -2.26. The number of fused-ring (bicyclic) bond motifs is 2. The Morgan fingerprint density at radius 1 is 0.619 bits per heavy atom. The third-order valence-corrected chi connectivity index (χ3v) is 3.79. The normalized spacial score (nSPS) is 15.8. The lowest BCUT2D eigenvalue weighted by atomic mass is 9.84. The predicted molar refractivity (Wildman–Crippen MR) is 81.9 cm³/mol. The second-order valence-corrected chi connectivity index (χ2v) is 5.21. The van der Waals surface area contributed by atoms with Gasteiger partial charge in [-0.3, -0.25) is 9.59 Å². The van der Waals surface area contributed by atoms with Gasteiger partial charge in [0, 0.05) is 22.3 Å². The highest BCUT2D eigenvalue weighted by Gasteiger charge is 2.28. The number of hydrogen-bond donors (Lipinski definition) is 1. The fourth-order valence-electron chi connectivity index (χ4n) is 2.67. The monoisotopic (exact) mass is 279 g/mol. The molecule has 0 bridgehead atoms. The van der Waals surface area contributed by atoms with Gasteiger partial charge in [-0.05, 0) is 25.9 Å². The summed E-state index contributed by atoms with van der Waals surface area (Å²) in [5.41, 5.74) is 2.02. The van der Waals surface area contributed by atoms with Gasteiger partial charge in [0.25, 0.3) is 0 Å². The number of ketones is 2. The van der Waals surface area contributed by atoms with E-state index in [4.69, 9.17) is 0 Å². The predicted octanol–water partition coefficient (Wildman–Crippen LogP) is 2.83. The van der Waals surface area contributed by atoms with Crippen LogP contribution in [0.1, 0.15) is 44.7 Å². The SMILES string of the molecule is C1CCNC1.O=C1c2ccccc2C(=O)c2ccccc21. The number of nitrogens with one attached hydrogen (secondary N) is 1. The Labute approximate surface area is 124 Å². The van der Waals surface area contributed by atoms with Crippen molar-refractivity contribution in [2.24, 2.45) is 0 Å². The molecule has 1 saturated heterocycles. The second-order valence-electron chi connectivity index (χ2n) is 5.21. The molecule has 106 valence electrons. The fraction of sp³-hybridized carbons (Fsp3) is 0.222. The molecule has 3 heteroatoms. The van der Waals surface area contributed by atoms with Crippen LogP contribution < -0.4 is 5.32 Å². The quantitative estimate of drug-likeness (QED) is 0.688. The molecule has 0 atom stereocenters. The number of carbonyl (C=O) groups excluding carboxylic acids is 2. The number of carbonyl (C=O) groups is 2. The first-order chi connectivity index (χ1) is 10.3. The summed E-state index contributed by atoms with van der Waals surface area (Å²) in [6, 6.07) is 13.9. The average Bonchev–Trinajstić information content (AvgIpc) is 3.12. The molecule has 1 fully saturated rings. The van der Waals surface area contributed by atoms with Gasteiger partial charge >= 0.3 is 0 Å². The van der Waals surface area contributed by atoms with E-state index in [2.05, 4.69) is 5.32 Å². The molecular formula is C18H17NO2. The Balaban J connectivity index is 0.000000225. The van der Waals surface area contributed by atoms with Crippen LogP contribution in [0.25, 0.3) is 0 Å². The number of rotatable bonds is 0. The fourth-order valence-corrected chi connectivity index (χ4v) is 2.67. The van der Waals surface area contributed by atoms with Gasteiger partial charge in [0.2, 0.25) is 0 Å². The highest BCUT2D eigenvalue weighted by molar-refractivity contribution is 6.28. The zero-order valence-electron chi connectivity index (χ0n) is 11.8. The minimum Gasteiger partial charge on any atom is -0.317 e. The maximum absolute atomic E-state index is 12.1. The smallest absolute Gasteiger partial charge is 0.194 e. The van der Waals surface area contributed by atoms with Crippen molar-refractivity contribution in [3.63, 3.8) is 0 Å². The molecule has 0 aromatic heterocycles. The molecule has 0 radical (unpaired) electrons. The summed E-state index contributed by atoms with van der Waals surface area (Å²) in [5, 5.41) is 3.22. The van der Waals surface area contributed by atoms with E-state index in [1.165, 1.54) is 25.9 Å². The summed E-state index contributed by atoms with van der Waals surface area (Å²) in [4.78, 5) is 24.2. The second kappa shape index (κ2) is 6.02. The molecule has 0 spiro atoms. The van der Waals surface area contributed by atoms with Crippen molar-refractivity contribution >= 4 is 11.6 Å². The third-order valence-electron chi connectivity index (χ3n) is 3.79. The van der Waals surface area contributed by atoms with E-state index in [9.17, 15) is 9.59 Å². The minimum absolute atomic E-state index is 0.0641. The lowest BCUT2D eigenvalue weighted by Gasteiger charge is -2.16. The van der Waals surface area contributed by atoms with Gasteiger partial charge in [0.05, 0.1) is 0 Å². The van der Waals surface area contributed by atoms with Crippen molar-refractivity contribution in [1.82, 2.24) is 5.32 Å². The van der Waals surface area contributed by atoms with Crippen LogP contribution in [-0.2, 0) is 0 Å². The number of hydrogen-bond acceptors (Lipinski definition) is 3. The summed E-state index contributed by atoms with van der Waals surface area (Å²) in [7, 11) is 0. The maximum Gasteiger partial charge on any atom is 0.194 e. The summed E-state index contributed by atoms with van der Waals surface area (Å²) < 4.78 is 0. The van der Waals surface area contributed by atoms with Gasteiger partial charge in [-0.2, -0.15) is 0 Å². The van der Waals surface area contributed by atoms with E-state index in [-0.39, 0.29) is 11.6 Å². The van der Waals surface area contributed by atoms with Gasteiger partial charge in [-0.25, -0.2) is 0 Å². The summed E-state index contributed by atoms with van der Waals surface area (Å²) in [6.45, 7) is 2.50. The van der Waals surface area contributed by atoms with Gasteiger partial charge < -0.3 is 5.32 Å². The minimum atomic E-state index is -0.0641. The molecule has 2 aromatic rings. The highest BCUT2D eigenvalue weighted by Crippen LogP contribution is 2.26. The zero-order chi connectivity index (χ0) is 14.7. The van der Waals surface area contributed by atoms with Crippen LogP contribution in [0.5, 0.6) is 0 Å². The molecule has 1 heterocycles. The van der Waals surface area contributed by atoms with E-state index in [1.54, 1.807) is 48.5 Å². The molecule has 2 aliphatic rings. The van der Waals surface area contributed by atoms with Crippen molar-refractivity contribution in [3.05, 3.63) is 70.8 Å². The third kappa shape index (κ3) is 2.65. The van der Waals surface area contributed by atoms with Gasteiger partial charge in [0.15, 0.2) is 11.6 Å². The molecule has 1 aliphatic heterocycles. The Kier molecular flexibility index (Phi) is 3.93. The molecule has 4 rings (SSSR count). The lowest BCUT2D eigenvalue weighted by molar-refractivity contribution is 0.0979. The van der Waals surface area contributed by atoms with E-state index in [0.717, 1.165) is 0 Å². The first-order valence-electron chi connectivity index (χ1n) is 7.27. The molecule has 21 heavy (non-hydrogen) atoms. The molecule has 0 amide bonds. The molecule has 0 saturated carbocycles. The molecule has 0 unspecified atom stereocenters. The van der Waals surface area contributed by atoms with Crippen molar-refractivity contribution in [3.8, 4) is 0 Å². The standard InChI is InChI=1S/C14H8O2.C4H9N/c15-13-9-5-1-2-6-10(9)14(16)12-8-4-3-7-11(12)13;1-2-4-5-3-1/h1-8H;5H,1-4H2. The van der Waals surface area contributed by atoms with Crippen molar-refractivity contribution in [2.75, 3.05) is 13.1 Å². The van der Waals surface area contributed by atoms with Crippen LogP contribution in [0.3, 0.4) is 0 Å². The van der Waals surface area contributed by atoms with Crippen LogP contribution in [0.2, 0.25) is 0 Å². The summed E-state index contributed by atoms with van der Waals surface area (Å²) in [6.07, 6.45) is 2.78. The van der Waals surface area contributed by atoms with Crippen molar-refractivity contribution in [2.45, 2.75) is 12.8 Å². The molecule has 1 N–H and O–H groups in total. The Bertz CT molecular complexity index is 574. The van der Waals surface area contributed by atoms with E-state index >= 15 is 0 Å². The van der Waals surface area contributed by atoms with Crippen molar-refractivity contribution in [1.29, 1.82) is 0 Å². The molecular weight excluding hydrogens is 262 g/mol. The van der Waals surface area contributed by atoms with E-state index in [0.29, 0.717) is 22.3 Å². The summed E-state index contributed by atoms with van der Waals surface area (Å²) in [5.74, 6) is -0.128. The van der Waals surface area contributed by atoms with Gasteiger partial charge in [0.1, 0.15) is 0 Å². The summed E-state index contributed by atoms with van der Waals surface area (Å²) >= 11 is 0. The van der Waals surface area contributed by atoms with Crippen LogP contribution >= 0.6 is 0 Å². The van der Waals surface area contributed by atoms with Gasteiger partial charge in [-0.1, -0.05) is 48.5 Å². The van der Waals surface area contributed by atoms with Crippen LogP contribution in [0.15, 0.2) is 48.5 Å². The maximum atomic E-state index is 12.1. The first-order valence-corrected chi connectivity index (χ1v) is 7.27.